The molecule has 0 bridgehead atoms. The van der Waals surface area contributed by atoms with Gasteiger partial charge in [-0.2, -0.15) is 11.8 Å². The molecule has 0 aromatic carbocycles. The van der Waals surface area contributed by atoms with Gasteiger partial charge in [-0.15, -0.1) is 18.2 Å². The average Bonchev–Trinajstić information content (AvgIpc) is 2.38. The van der Waals surface area contributed by atoms with Gasteiger partial charge in [-0.05, 0) is 0 Å². The third-order valence-corrected chi connectivity index (χ3v) is 4.27. The van der Waals surface area contributed by atoms with Crippen molar-refractivity contribution in [3.8, 4) is 12.3 Å². The van der Waals surface area contributed by atoms with Gasteiger partial charge in [0.2, 0.25) is 0 Å². The molecule has 1 rings (SSSR count). The van der Waals surface area contributed by atoms with Crippen molar-refractivity contribution in [2.75, 3.05) is 36.1 Å². The van der Waals surface area contributed by atoms with E-state index in [9.17, 15) is 9.59 Å². The molecule has 0 saturated carbocycles. The summed E-state index contributed by atoms with van der Waals surface area (Å²) in [4.78, 5) is 24.3. The second-order valence-electron chi connectivity index (χ2n) is 3.61. The van der Waals surface area contributed by atoms with E-state index < -0.39 is 12.0 Å². The topological polar surface area (TPSA) is 69.6 Å². The highest BCUT2D eigenvalue weighted by molar-refractivity contribution is 7.99. The molecule has 0 radical (unpaired) electrons. The number of carbonyl (C=O) groups is 2. The van der Waals surface area contributed by atoms with Crippen molar-refractivity contribution >= 4 is 35.5 Å². The van der Waals surface area contributed by atoms with Crippen LogP contribution in [0, 0.1) is 12.3 Å². The number of nitrogens with zero attached hydrogens (tertiary/aromatic N) is 1. The summed E-state index contributed by atoms with van der Waals surface area (Å²) < 4.78 is 0. The number of nitrogens with one attached hydrogen (secondary N) is 1. The number of amides is 2. The summed E-state index contributed by atoms with van der Waals surface area (Å²) in [7, 11) is 0. The Bertz CT molecular complexity index is 344. The summed E-state index contributed by atoms with van der Waals surface area (Å²) >= 11 is 3.12. The molecule has 0 spiro atoms. The van der Waals surface area contributed by atoms with Crippen LogP contribution >= 0.6 is 23.5 Å². The lowest BCUT2D eigenvalue weighted by Gasteiger charge is -2.32. The Morgan fingerprint density at radius 2 is 2.39 bits per heavy atom. The summed E-state index contributed by atoms with van der Waals surface area (Å²) in [6.45, 7) is 0.978. The maximum Gasteiger partial charge on any atom is 0.327 e. The fourth-order valence-electron chi connectivity index (χ4n) is 1.51. The highest BCUT2D eigenvalue weighted by atomic mass is 32.2. The number of thioether (sulfide) groups is 2. The van der Waals surface area contributed by atoms with Gasteiger partial charge in [-0.3, -0.25) is 0 Å². The molecule has 2 amide bonds. The molecule has 18 heavy (non-hydrogen) atoms. The van der Waals surface area contributed by atoms with Gasteiger partial charge in [0, 0.05) is 30.3 Å². The van der Waals surface area contributed by atoms with E-state index in [4.69, 9.17) is 11.5 Å². The summed E-state index contributed by atoms with van der Waals surface area (Å²) in [6, 6.07) is -1.02. The third-order valence-electron chi connectivity index (χ3n) is 2.38. The summed E-state index contributed by atoms with van der Waals surface area (Å²) in [5, 5.41) is 11.8. The zero-order valence-corrected chi connectivity index (χ0v) is 11.6. The molecule has 7 heteroatoms. The molecule has 1 heterocycles. The van der Waals surface area contributed by atoms with Gasteiger partial charge in [0.05, 0.1) is 5.75 Å². The van der Waals surface area contributed by atoms with Crippen LogP contribution in [0.15, 0.2) is 0 Å². The Labute approximate surface area is 115 Å². The maximum absolute atomic E-state index is 11.8. The van der Waals surface area contributed by atoms with Crippen LogP contribution in [0.5, 0.6) is 0 Å². The number of urea groups is 1. The predicted octanol–water partition coefficient (Wildman–Crippen LogP) is 0.564. The van der Waals surface area contributed by atoms with Crippen LogP contribution in [0.25, 0.3) is 0 Å². The molecular formula is C11H16N2O3S2. The lowest BCUT2D eigenvalue weighted by molar-refractivity contribution is -0.141. The minimum Gasteiger partial charge on any atom is -0.480 e. The highest BCUT2D eigenvalue weighted by Gasteiger charge is 2.32. The molecule has 0 aliphatic carbocycles. The van der Waals surface area contributed by atoms with Crippen molar-refractivity contribution in [1.29, 1.82) is 0 Å². The van der Waals surface area contributed by atoms with Crippen molar-refractivity contribution in [2.45, 2.75) is 6.04 Å². The number of rotatable bonds is 5. The van der Waals surface area contributed by atoms with E-state index in [2.05, 4.69) is 11.2 Å². The lowest BCUT2D eigenvalue weighted by atomic mass is 10.3. The quantitative estimate of drug-likeness (QED) is 0.571. The van der Waals surface area contributed by atoms with Gasteiger partial charge in [0.25, 0.3) is 0 Å². The first-order chi connectivity index (χ1) is 8.66. The second-order valence-corrected chi connectivity index (χ2v) is 5.87. The first kappa shape index (κ1) is 15.1. The molecule has 100 valence electrons. The minimum absolute atomic E-state index is 0.302. The van der Waals surface area contributed by atoms with Crippen molar-refractivity contribution < 1.29 is 14.7 Å². The largest absolute Gasteiger partial charge is 0.480 e. The summed E-state index contributed by atoms with van der Waals surface area (Å²) in [5.41, 5.74) is 0. The standard InChI is InChI=1S/C11H16N2O3S2/c1-2-5-17-6-3-12-11(16)13-4-7-18-8-9(13)10(14)15/h1,9H,3-8H2,(H,12,16)(H,14,15). The first-order valence-electron chi connectivity index (χ1n) is 5.53. The zero-order chi connectivity index (χ0) is 13.4. The second kappa shape index (κ2) is 8.16. The van der Waals surface area contributed by atoms with Gasteiger partial charge in [-0.25, -0.2) is 9.59 Å². The fourth-order valence-corrected chi connectivity index (χ4v) is 3.06. The molecule has 1 aliphatic rings. The molecular weight excluding hydrogens is 272 g/mol. The fraction of sp³-hybridized carbons (Fsp3) is 0.636. The zero-order valence-electron chi connectivity index (χ0n) is 9.92. The van der Waals surface area contributed by atoms with Crippen molar-refractivity contribution in [2.24, 2.45) is 0 Å². The van der Waals surface area contributed by atoms with Gasteiger partial charge in [0.1, 0.15) is 6.04 Å². The molecule has 1 saturated heterocycles. The molecule has 1 unspecified atom stereocenters. The number of hydrogen-bond donors (Lipinski definition) is 2. The monoisotopic (exact) mass is 288 g/mol. The van der Waals surface area contributed by atoms with Crippen LogP contribution < -0.4 is 5.32 Å². The Morgan fingerprint density at radius 3 is 3.06 bits per heavy atom. The number of terminal acetylenes is 1. The molecule has 1 fully saturated rings. The summed E-state index contributed by atoms with van der Waals surface area (Å²) in [5.74, 6) is 4.14. The van der Waals surface area contributed by atoms with Crippen LogP contribution in [-0.2, 0) is 4.79 Å². The molecule has 1 atom stereocenters. The molecule has 1 aliphatic heterocycles. The van der Waals surface area contributed by atoms with Crippen molar-refractivity contribution in [1.82, 2.24) is 10.2 Å². The molecule has 0 aromatic rings. The average molecular weight is 288 g/mol. The highest BCUT2D eigenvalue weighted by Crippen LogP contribution is 2.16. The van der Waals surface area contributed by atoms with Gasteiger partial charge in [-0.1, -0.05) is 5.92 Å². The van der Waals surface area contributed by atoms with Crippen LogP contribution in [0.3, 0.4) is 0 Å². The van der Waals surface area contributed by atoms with Crippen LogP contribution in [-0.4, -0.2) is 64.1 Å². The van der Waals surface area contributed by atoms with Gasteiger partial charge < -0.3 is 15.3 Å². The lowest BCUT2D eigenvalue weighted by Crippen LogP contribution is -2.54. The van der Waals surface area contributed by atoms with Crippen LogP contribution in [0.4, 0.5) is 4.79 Å². The normalized spacial score (nSPS) is 19.1. The SMILES string of the molecule is C#CCSCCNC(=O)N1CCSCC1C(=O)O. The van der Waals surface area contributed by atoms with Gasteiger partial charge >= 0.3 is 12.0 Å². The first-order valence-corrected chi connectivity index (χ1v) is 7.84. The van der Waals surface area contributed by atoms with Crippen LogP contribution in [0.2, 0.25) is 0 Å². The third kappa shape index (κ3) is 4.70. The van der Waals surface area contributed by atoms with E-state index in [1.807, 2.05) is 0 Å². The molecule has 0 aromatic heterocycles. The summed E-state index contributed by atoms with van der Waals surface area (Å²) in [6.07, 6.45) is 5.10. The van der Waals surface area contributed by atoms with Crippen molar-refractivity contribution in [3.05, 3.63) is 0 Å². The van der Waals surface area contributed by atoms with Crippen LogP contribution in [0.1, 0.15) is 0 Å². The minimum atomic E-state index is -0.945. The Balaban J connectivity index is 2.34. The van der Waals surface area contributed by atoms with Gasteiger partial charge in [0.15, 0.2) is 0 Å². The van der Waals surface area contributed by atoms with E-state index in [0.717, 1.165) is 11.5 Å². The van der Waals surface area contributed by atoms with E-state index in [1.165, 1.54) is 4.90 Å². The number of hydrogen-bond acceptors (Lipinski definition) is 4. The Hall–Kier alpha value is -1.00. The number of carboxylic acid groups (broad SMARTS) is 1. The van der Waals surface area contributed by atoms with E-state index >= 15 is 0 Å². The number of carboxylic acids is 1. The van der Waals surface area contributed by atoms with E-state index in [1.54, 1.807) is 23.5 Å². The molecule has 2 N–H and O–H groups in total. The van der Waals surface area contributed by atoms with E-state index in [0.29, 0.717) is 24.6 Å². The maximum atomic E-state index is 11.8. The predicted molar refractivity (Wildman–Crippen MR) is 75.0 cm³/mol. The number of aliphatic carboxylic acids is 1. The van der Waals surface area contributed by atoms with E-state index in [-0.39, 0.29) is 6.03 Å². The molecule has 5 nitrogen and oxygen atoms in total. The smallest absolute Gasteiger partial charge is 0.327 e. The van der Waals surface area contributed by atoms with Crippen molar-refractivity contribution in [3.63, 3.8) is 0 Å². The Morgan fingerprint density at radius 1 is 1.61 bits per heavy atom. The number of carbonyl (C=O) groups excluding carboxylic acids is 1. The Kier molecular flexibility index (Phi) is 6.83.